The molecule has 0 saturated carbocycles. The number of ether oxygens (including phenoxy) is 2. The molecular weight excluding hydrogens is 298 g/mol. The van der Waals surface area contributed by atoms with Gasteiger partial charge >= 0.3 is 0 Å². The number of carbonyl (C=O) groups excluding carboxylic acids is 1. The summed E-state index contributed by atoms with van der Waals surface area (Å²) in [7, 11) is 1.53. The number of anilines is 1. The van der Waals surface area contributed by atoms with Gasteiger partial charge in [0.25, 0.3) is 5.91 Å². The molecule has 1 N–H and O–H groups in total. The van der Waals surface area contributed by atoms with Gasteiger partial charge in [-0.1, -0.05) is 12.7 Å². The number of carbonyl (C=O) groups is 1. The van der Waals surface area contributed by atoms with E-state index in [4.69, 9.17) is 9.47 Å². The van der Waals surface area contributed by atoms with E-state index < -0.39 is 0 Å². The van der Waals surface area contributed by atoms with Gasteiger partial charge < -0.3 is 14.8 Å². The maximum Gasteiger partial charge on any atom is 0.255 e. The van der Waals surface area contributed by atoms with Crippen molar-refractivity contribution in [3.63, 3.8) is 0 Å². The van der Waals surface area contributed by atoms with E-state index in [9.17, 15) is 4.79 Å². The minimum absolute atomic E-state index is 0.222. The largest absolute Gasteiger partial charge is 0.493 e. The zero-order chi connectivity index (χ0) is 15.9. The standard InChI is InChI=1S/C17H17NO3S/c1-3-10-21-15-9-4-12(11-16(15)20-2)17(19)18-13-5-7-14(22)8-6-13/h3-9,11,22H,1,10H2,2H3,(H,18,19). The molecule has 0 aromatic heterocycles. The van der Waals surface area contributed by atoms with Crippen molar-refractivity contribution in [2.45, 2.75) is 4.90 Å². The van der Waals surface area contributed by atoms with Crippen LogP contribution in [-0.4, -0.2) is 19.6 Å². The molecule has 2 aromatic carbocycles. The average molecular weight is 315 g/mol. The number of amides is 1. The molecule has 0 atom stereocenters. The van der Waals surface area contributed by atoms with Crippen LogP contribution in [0.4, 0.5) is 5.69 Å². The molecule has 0 radical (unpaired) electrons. The lowest BCUT2D eigenvalue weighted by atomic mass is 10.2. The van der Waals surface area contributed by atoms with Crippen LogP contribution >= 0.6 is 12.6 Å². The maximum absolute atomic E-state index is 12.2. The van der Waals surface area contributed by atoms with Crippen molar-refractivity contribution in [3.8, 4) is 11.5 Å². The summed E-state index contributed by atoms with van der Waals surface area (Å²) >= 11 is 4.21. The van der Waals surface area contributed by atoms with Gasteiger partial charge in [-0.25, -0.2) is 0 Å². The Hall–Kier alpha value is -2.40. The van der Waals surface area contributed by atoms with Gasteiger partial charge in [0.1, 0.15) is 6.61 Å². The fourth-order valence-corrected chi connectivity index (χ4v) is 1.97. The van der Waals surface area contributed by atoms with Gasteiger partial charge in [-0.3, -0.25) is 4.79 Å². The van der Waals surface area contributed by atoms with Crippen molar-refractivity contribution in [2.24, 2.45) is 0 Å². The first-order valence-corrected chi connectivity index (χ1v) is 7.11. The van der Waals surface area contributed by atoms with Gasteiger partial charge in [-0.05, 0) is 42.5 Å². The average Bonchev–Trinajstić information content (AvgIpc) is 2.54. The van der Waals surface area contributed by atoms with Gasteiger partial charge in [0.2, 0.25) is 0 Å². The molecule has 0 bridgehead atoms. The lowest BCUT2D eigenvalue weighted by Crippen LogP contribution is -2.12. The number of benzene rings is 2. The van der Waals surface area contributed by atoms with Crippen LogP contribution in [0.2, 0.25) is 0 Å². The highest BCUT2D eigenvalue weighted by Gasteiger charge is 2.11. The number of nitrogens with one attached hydrogen (secondary N) is 1. The van der Waals surface area contributed by atoms with Gasteiger partial charge in [0.15, 0.2) is 11.5 Å². The zero-order valence-electron chi connectivity index (χ0n) is 12.2. The molecule has 0 aliphatic heterocycles. The van der Waals surface area contributed by atoms with Gasteiger partial charge in [-0.2, -0.15) is 0 Å². The molecule has 2 rings (SSSR count). The monoisotopic (exact) mass is 315 g/mol. The lowest BCUT2D eigenvalue weighted by Gasteiger charge is -2.11. The highest BCUT2D eigenvalue weighted by atomic mass is 32.1. The molecule has 0 unspecified atom stereocenters. The fraction of sp³-hybridized carbons (Fsp3) is 0.118. The van der Waals surface area contributed by atoms with Crippen LogP contribution in [0.5, 0.6) is 11.5 Å². The molecular formula is C17H17NO3S. The molecule has 1 amide bonds. The van der Waals surface area contributed by atoms with Crippen LogP contribution in [0.15, 0.2) is 60.0 Å². The predicted molar refractivity (Wildman–Crippen MR) is 90.3 cm³/mol. The first kappa shape index (κ1) is 16.0. The Morgan fingerprint density at radius 3 is 2.59 bits per heavy atom. The van der Waals surface area contributed by atoms with E-state index in [1.165, 1.54) is 7.11 Å². The Morgan fingerprint density at radius 1 is 1.23 bits per heavy atom. The molecule has 4 nitrogen and oxygen atoms in total. The van der Waals surface area contributed by atoms with Crippen molar-refractivity contribution in [1.82, 2.24) is 0 Å². The van der Waals surface area contributed by atoms with Crippen LogP contribution in [0.1, 0.15) is 10.4 Å². The van der Waals surface area contributed by atoms with Crippen molar-refractivity contribution >= 4 is 24.2 Å². The van der Waals surface area contributed by atoms with Gasteiger partial charge in [-0.15, -0.1) is 12.6 Å². The number of hydrogen-bond acceptors (Lipinski definition) is 4. The van der Waals surface area contributed by atoms with E-state index in [1.807, 2.05) is 12.1 Å². The van der Waals surface area contributed by atoms with Crippen LogP contribution < -0.4 is 14.8 Å². The molecule has 0 aliphatic rings. The van der Waals surface area contributed by atoms with Gasteiger partial charge in [0, 0.05) is 16.1 Å². The third-order valence-corrected chi connectivity index (χ3v) is 3.21. The smallest absolute Gasteiger partial charge is 0.255 e. The second-order valence-corrected chi connectivity index (χ2v) is 4.98. The summed E-state index contributed by atoms with van der Waals surface area (Å²) in [6.07, 6.45) is 1.64. The van der Waals surface area contributed by atoms with Crippen LogP contribution in [0, 0.1) is 0 Å². The van der Waals surface area contributed by atoms with Crippen molar-refractivity contribution in [1.29, 1.82) is 0 Å². The molecule has 0 fully saturated rings. The molecule has 22 heavy (non-hydrogen) atoms. The van der Waals surface area contributed by atoms with E-state index in [0.717, 1.165) is 4.90 Å². The van der Waals surface area contributed by atoms with Crippen LogP contribution in [0.3, 0.4) is 0 Å². The highest BCUT2D eigenvalue weighted by molar-refractivity contribution is 7.80. The van der Waals surface area contributed by atoms with E-state index >= 15 is 0 Å². The van der Waals surface area contributed by atoms with Crippen LogP contribution in [-0.2, 0) is 0 Å². The normalized spacial score (nSPS) is 9.91. The summed E-state index contributed by atoms with van der Waals surface area (Å²) in [6, 6.07) is 12.2. The second-order valence-electron chi connectivity index (χ2n) is 4.47. The summed E-state index contributed by atoms with van der Waals surface area (Å²) in [5.74, 6) is 0.846. The minimum Gasteiger partial charge on any atom is -0.493 e. The van der Waals surface area contributed by atoms with Crippen LogP contribution in [0.25, 0.3) is 0 Å². The predicted octanol–water partition coefficient (Wildman–Crippen LogP) is 3.80. The molecule has 0 aliphatic carbocycles. The Kier molecular flexibility index (Phi) is 5.49. The fourth-order valence-electron chi connectivity index (χ4n) is 1.82. The van der Waals surface area contributed by atoms with E-state index in [1.54, 1.807) is 36.4 Å². The maximum atomic E-state index is 12.2. The summed E-state index contributed by atoms with van der Waals surface area (Å²) in [5, 5.41) is 2.81. The van der Waals surface area contributed by atoms with E-state index in [-0.39, 0.29) is 5.91 Å². The molecule has 2 aromatic rings. The topological polar surface area (TPSA) is 47.6 Å². The zero-order valence-corrected chi connectivity index (χ0v) is 13.1. The highest BCUT2D eigenvalue weighted by Crippen LogP contribution is 2.28. The molecule has 0 heterocycles. The molecule has 0 saturated heterocycles. The molecule has 114 valence electrons. The number of methoxy groups -OCH3 is 1. The van der Waals surface area contributed by atoms with Crippen molar-refractivity contribution in [3.05, 3.63) is 60.7 Å². The minimum atomic E-state index is -0.222. The Balaban J connectivity index is 2.15. The third-order valence-electron chi connectivity index (χ3n) is 2.91. The summed E-state index contributed by atoms with van der Waals surface area (Å²) in [4.78, 5) is 13.1. The summed E-state index contributed by atoms with van der Waals surface area (Å²) < 4.78 is 10.7. The first-order chi connectivity index (χ1) is 10.6. The second kappa shape index (κ2) is 7.56. The number of rotatable bonds is 6. The Bertz CT molecular complexity index is 668. The van der Waals surface area contributed by atoms with Gasteiger partial charge in [0.05, 0.1) is 7.11 Å². The quantitative estimate of drug-likeness (QED) is 0.629. The SMILES string of the molecule is C=CCOc1ccc(C(=O)Nc2ccc(S)cc2)cc1OC. The third kappa shape index (κ3) is 4.05. The Morgan fingerprint density at radius 2 is 1.95 bits per heavy atom. The molecule has 0 spiro atoms. The van der Waals surface area contributed by atoms with Crippen molar-refractivity contribution < 1.29 is 14.3 Å². The van der Waals surface area contributed by atoms with E-state index in [0.29, 0.717) is 29.4 Å². The summed E-state index contributed by atoms with van der Waals surface area (Å²) in [5.41, 5.74) is 1.19. The van der Waals surface area contributed by atoms with Crippen molar-refractivity contribution in [2.75, 3.05) is 19.0 Å². The Labute approximate surface area is 135 Å². The number of hydrogen-bond donors (Lipinski definition) is 2. The summed E-state index contributed by atoms with van der Waals surface area (Å²) in [6.45, 7) is 3.97. The van der Waals surface area contributed by atoms with E-state index in [2.05, 4.69) is 24.5 Å². The number of thiol groups is 1. The molecule has 5 heteroatoms. The lowest BCUT2D eigenvalue weighted by molar-refractivity contribution is 0.102. The first-order valence-electron chi connectivity index (χ1n) is 6.66.